The number of hydrogen-bond donors (Lipinski definition) is 1. The first kappa shape index (κ1) is 15.4. The Hall–Kier alpha value is -1.69. The van der Waals surface area contributed by atoms with Gasteiger partial charge < -0.3 is 9.84 Å². The van der Waals surface area contributed by atoms with Gasteiger partial charge in [0.15, 0.2) is 0 Å². The topological polar surface area (TPSA) is 75.5 Å². The maximum atomic E-state index is 11.0. The molecule has 0 saturated heterocycles. The first-order valence-electron chi connectivity index (χ1n) is 6.37. The molecule has 0 amide bonds. The van der Waals surface area contributed by atoms with E-state index in [1.54, 1.807) is 0 Å². The summed E-state index contributed by atoms with van der Waals surface area (Å²) in [5.41, 5.74) is 0.0376. The summed E-state index contributed by atoms with van der Waals surface area (Å²) < 4.78 is 5.43. The summed E-state index contributed by atoms with van der Waals surface area (Å²) in [6.45, 7) is 9.56. The second-order valence-corrected chi connectivity index (χ2v) is 4.83. The number of carboxylic acids is 1. The lowest BCUT2D eigenvalue weighted by Crippen LogP contribution is -2.39. The zero-order chi connectivity index (χ0) is 14.4. The van der Waals surface area contributed by atoms with Crippen LogP contribution in [0, 0.1) is 0 Å². The van der Waals surface area contributed by atoms with Crippen molar-refractivity contribution in [2.45, 2.75) is 39.8 Å². The second kappa shape index (κ2) is 7.04. The van der Waals surface area contributed by atoms with E-state index in [1.165, 1.54) is 12.3 Å². The molecule has 106 valence electrons. The van der Waals surface area contributed by atoms with Gasteiger partial charge in [-0.3, -0.25) is 4.90 Å². The Morgan fingerprint density at radius 3 is 2.53 bits per heavy atom. The average Bonchev–Trinajstić information content (AvgIpc) is 2.33. The monoisotopic (exact) mass is 267 g/mol. The standard InChI is InChI=1S/C13H21N3O3/c1-9(2)16(10(3)4)7-8-19-12-11(13(17)18)5-6-14-15-12/h5-6,9-10H,7-8H2,1-4H3,(H,17,18). The quantitative estimate of drug-likeness (QED) is 0.810. The Morgan fingerprint density at radius 1 is 1.37 bits per heavy atom. The van der Waals surface area contributed by atoms with Crippen LogP contribution in [-0.4, -0.2) is 51.4 Å². The third-order valence-electron chi connectivity index (χ3n) is 2.83. The largest absolute Gasteiger partial charge is 0.477 e. The third-order valence-corrected chi connectivity index (χ3v) is 2.83. The first-order valence-corrected chi connectivity index (χ1v) is 6.37. The van der Waals surface area contributed by atoms with Crippen LogP contribution in [0.4, 0.5) is 0 Å². The molecule has 1 heterocycles. The number of carboxylic acid groups (broad SMARTS) is 1. The molecule has 0 aliphatic heterocycles. The van der Waals surface area contributed by atoms with Crippen LogP contribution in [0.3, 0.4) is 0 Å². The molecule has 1 rings (SSSR count). The van der Waals surface area contributed by atoms with Gasteiger partial charge in [0.1, 0.15) is 12.2 Å². The highest BCUT2D eigenvalue weighted by molar-refractivity contribution is 5.89. The molecular weight excluding hydrogens is 246 g/mol. The summed E-state index contributed by atoms with van der Waals surface area (Å²) >= 11 is 0. The summed E-state index contributed by atoms with van der Waals surface area (Å²) in [4.78, 5) is 13.2. The summed E-state index contributed by atoms with van der Waals surface area (Å²) in [7, 11) is 0. The Bertz CT molecular complexity index is 413. The van der Waals surface area contributed by atoms with Crippen molar-refractivity contribution in [2.24, 2.45) is 0 Å². The van der Waals surface area contributed by atoms with Gasteiger partial charge >= 0.3 is 5.97 Å². The van der Waals surface area contributed by atoms with E-state index in [1.807, 2.05) is 0 Å². The summed E-state index contributed by atoms with van der Waals surface area (Å²) in [6.07, 6.45) is 1.34. The van der Waals surface area contributed by atoms with E-state index in [0.29, 0.717) is 25.2 Å². The van der Waals surface area contributed by atoms with Crippen LogP contribution in [0.15, 0.2) is 12.3 Å². The predicted octanol–water partition coefficient (Wildman–Crippen LogP) is 1.67. The Balaban J connectivity index is 2.60. The van der Waals surface area contributed by atoms with Crippen LogP contribution in [0.2, 0.25) is 0 Å². The second-order valence-electron chi connectivity index (χ2n) is 4.83. The normalized spacial score (nSPS) is 11.3. The molecule has 0 fully saturated rings. The van der Waals surface area contributed by atoms with Crippen molar-refractivity contribution in [3.05, 3.63) is 17.8 Å². The molecule has 0 saturated carbocycles. The summed E-state index contributed by atoms with van der Waals surface area (Å²) in [5.74, 6) is -0.989. The number of ether oxygens (including phenoxy) is 1. The van der Waals surface area contributed by atoms with Crippen molar-refractivity contribution in [1.82, 2.24) is 15.1 Å². The highest BCUT2D eigenvalue weighted by Gasteiger charge is 2.15. The Labute approximate surface area is 113 Å². The number of nitrogens with zero attached hydrogens (tertiary/aromatic N) is 3. The molecule has 19 heavy (non-hydrogen) atoms. The number of rotatable bonds is 7. The van der Waals surface area contributed by atoms with Gasteiger partial charge in [-0.2, -0.15) is 5.10 Å². The zero-order valence-corrected chi connectivity index (χ0v) is 11.8. The molecule has 1 aromatic rings. The van der Waals surface area contributed by atoms with Crippen LogP contribution in [-0.2, 0) is 0 Å². The minimum absolute atomic E-state index is 0.0376. The van der Waals surface area contributed by atoms with Crippen LogP contribution < -0.4 is 4.74 Å². The van der Waals surface area contributed by atoms with Crippen molar-refractivity contribution >= 4 is 5.97 Å². The van der Waals surface area contributed by atoms with Gasteiger partial charge in [0.25, 0.3) is 0 Å². The maximum absolute atomic E-state index is 11.0. The lowest BCUT2D eigenvalue weighted by molar-refractivity contribution is 0.0688. The molecule has 0 radical (unpaired) electrons. The molecule has 0 aliphatic rings. The van der Waals surface area contributed by atoms with E-state index < -0.39 is 5.97 Å². The van der Waals surface area contributed by atoms with Gasteiger partial charge in [-0.05, 0) is 33.8 Å². The van der Waals surface area contributed by atoms with E-state index in [0.717, 1.165) is 0 Å². The van der Waals surface area contributed by atoms with E-state index >= 15 is 0 Å². The van der Waals surface area contributed by atoms with E-state index in [4.69, 9.17) is 9.84 Å². The maximum Gasteiger partial charge on any atom is 0.341 e. The van der Waals surface area contributed by atoms with Crippen LogP contribution >= 0.6 is 0 Å². The van der Waals surface area contributed by atoms with Crippen LogP contribution in [0.25, 0.3) is 0 Å². The molecule has 6 nitrogen and oxygen atoms in total. The van der Waals surface area contributed by atoms with Gasteiger partial charge in [0, 0.05) is 18.6 Å². The van der Waals surface area contributed by atoms with Gasteiger partial charge in [-0.25, -0.2) is 4.79 Å². The molecule has 0 spiro atoms. The van der Waals surface area contributed by atoms with Crippen molar-refractivity contribution in [1.29, 1.82) is 0 Å². The molecule has 1 N–H and O–H groups in total. The minimum atomic E-state index is -1.06. The SMILES string of the molecule is CC(C)N(CCOc1nnccc1C(=O)O)C(C)C. The van der Waals surface area contributed by atoms with Crippen LogP contribution in [0.1, 0.15) is 38.1 Å². The molecular formula is C13H21N3O3. The Kier molecular flexibility index (Phi) is 5.69. The summed E-state index contributed by atoms with van der Waals surface area (Å²) in [6, 6.07) is 2.20. The molecule has 0 aromatic carbocycles. The average molecular weight is 267 g/mol. The number of aromatic nitrogens is 2. The van der Waals surface area contributed by atoms with Crippen molar-refractivity contribution in [3.8, 4) is 5.88 Å². The Morgan fingerprint density at radius 2 is 2.00 bits per heavy atom. The van der Waals surface area contributed by atoms with E-state index in [-0.39, 0.29) is 11.4 Å². The smallest absolute Gasteiger partial charge is 0.341 e. The van der Waals surface area contributed by atoms with Gasteiger partial charge in [0.2, 0.25) is 5.88 Å². The van der Waals surface area contributed by atoms with Crippen molar-refractivity contribution in [3.63, 3.8) is 0 Å². The minimum Gasteiger partial charge on any atom is -0.477 e. The van der Waals surface area contributed by atoms with Gasteiger partial charge in [0.05, 0.1) is 6.20 Å². The molecule has 1 aromatic heterocycles. The molecule has 0 atom stereocenters. The number of aromatic carboxylic acids is 1. The predicted molar refractivity (Wildman–Crippen MR) is 71.5 cm³/mol. The van der Waals surface area contributed by atoms with Gasteiger partial charge in [-0.1, -0.05) is 0 Å². The lowest BCUT2D eigenvalue weighted by atomic mass is 10.2. The molecule has 0 unspecified atom stereocenters. The van der Waals surface area contributed by atoms with Crippen molar-refractivity contribution < 1.29 is 14.6 Å². The van der Waals surface area contributed by atoms with E-state index in [9.17, 15) is 4.79 Å². The fraction of sp³-hybridized carbons (Fsp3) is 0.615. The van der Waals surface area contributed by atoms with Gasteiger partial charge in [-0.15, -0.1) is 5.10 Å². The molecule has 6 heteroatoms. The third kappa shape index (κ3) is 4.48. The fourth-order valence-corrected chi connectivity index (χ4v) is 1.95. The highest BCUT2D eigenvalue weighted by atomic mass is 16.5. The number of carbonyl (C=O) groups is 1. The fourth-order valence-electron chi connectivity index (χ4n) is 1.95. The lowest BCUT2D eigenvalue weighted by Gasteiger charge is -2.30. The van der Waals surface area contributed by atoms with E-state index in [2.05, 4.69) is 42.8 Å². The number of hydrogen-bond acceptors (Lipinski definition) is 5. The highest BCUT2D eigenvalue weighted by Crippen LogP contribution is 2.13. The van der Waals surface area contributed by atoms with Crippen molar-refractivity contribution in [2.75, 3.05) is 13.2 Å². The summed E-state index contributed by atoms with van der Waals surface area (Å²) in [5, 5.41) is 16.4. The zero-order valence-electron chi connectivity index (χ0n) is 11.8. The molecule has 0 bridgehead atoms. The first-order chi connectivity index (χ1) is 8.93. The molecule has 0 aliphatic carbocycles. The van der Waals surface area contributed by atoms with Crippen LogP contribution in [0.5, 0.6) is 5.88 Å².